The second-order valence-corrected chi connectivity index (χ2v) is 7.56. The molecule has 144 valence electrons. The van der Waals surface area contributed by atoms with Gasteiger partial charge in [0.05, 0.1) is 19.8 Å². The maximum Gasteiger partial charge on any atom is 0.339 e. The highest BCUT2D eigenvalue weighted by Gasteiger charge is 2.24. The minimum Gasteiger partial charge on any atom is -0.493 e. The number of ether oxygens (including phenoxy) is 3. The van der Waals surface area contributed by atoms with Crippen LogP contribution in [0.2, 0.25) is 0 Å². The number of carbonyl (C=O) groups excluding carboxylic acids is 2. The summed E-state index contributed by atoms with van der Waals surface area (Å²) >= 11 is 1.60. The fourth-order valence-electron chi connectivity index (χ4n) is 3.17. The van der Waals surface area contributed by atoms with Crippen molar-refractivity contribution in [3.8, 4) is 11.5 Å². The lowest BCUT2D eigenvalue weighted by Gasteiger charge is -2.18. The van der Waals surface area contributed by atoms with E-state index < -0.39 is 11.9 Å². The first kappa shape index (κ1) is 19.2. The van der Waals surface area contributed by atoms with Crippen molar-refractivity contribution in [2.24, 2.45) is 5.92 Å². The molecule has 1 unspecified atom stereocenters. The molecule has 0 fully saturated rings. The van der Waals surface area contributed by atoms with E-state index in [1.807, 2.05) is 5.38 Å². The molecule has 7 heteroatoms. The van der Waals surface area contributed by atoms with Gasteiger partial charge in [0.2, 0.25) is 0 Å². The monoisotopic (exact) mass is 389 g/mol. The van der Waals surface area contributed by atoms with Crippen LogP contribution in [0.15, 0.2) is 23.6 Å². The molecule has 1 atom stereocenters. The zero-order valence-corrected chi connectivity index (χ0v) is 16.5. The number of esters is 1. The van der Waals surface area contributed by atoms with Crippen LogP contribution in [-0.4, -0.2) is 32.7 Å². The third-order valence-corrected chi connectivity index (χ3v) is 5.67. The molecule has 1 aromatic carbocycles. The van der Waals surface area contributed by atoms with Crippen molar-refractivity contribution >= 4 is 28.9 Å². The molecular formula is C20H23NO5S. The van der Waals surface area contributed by atoms with E-state index in [9.17, 15) is 9.59 Å². The molecule has 0 bridgehead atoms. The predicted octanol–water partition coefficient (Wildman–Crippen LogP) is 3.69. The van der Waals surface area contributed by atoms with Gasteiger partial charge in [0.25, 0.3) is 5.91 Å². The number of fused-ring (bicyclic) bond motifs is 1. The molecule has 0 saturated carbocycles. The van der Waals surface area contributed by atoms with Gasteiger partial charge in [-0.1, -0.05) is 6.92 Å². The molecule has 1 heterocycles. The van der Waals surface area contributed by atoms with E-state index in [4.69, 9.17) is 14.2 Å². The van der Waals surface area contributed by atoms with Gasteiger partial charge in [-0.25, -0.2) is 4.79 Å². The Labute approximate surface area is 162 Å². The largest absolute Gasteiger partial charge is 0.493 e. The minimum absolute atomic E-state index is 0.339. The molecule has 1 aliphatic carbocycles. The summed E-state index contributed by atoms with van der Waals surface area (Å²) in [6.07, 6.45) is 2.97. The van der Waals surface area contributed by atoms with E-state index in [-0.39, 0.29) is 6.61 Å². The summed E-state index contributed by atoms with van der Waals surface area (Å²) in [5.41, 5.74) is 2.22. The first-order valence-electron chi connectivity index (χ1n) is 8.80. The number of carbonyl (C=O) groups is 2. The van der Waals surface area contributed by atoms with E-state index in [0.29, 0.717) is 28.7 Å². The Morgan fingerprint density at radius 3 is 2.74 bits per heavy atom. The quantitative estimate of drug-likeness (QED) is 0.763. The second-order valence-electron chi connectivity index (χ2n) is 6.59. The van der Waals surface area contributed by atoms with Gasteiger partial charge in [-0.05, 0) is 42.9 Å². The normalized spacial score (nSPS) is 15.6. The number of methoxy groups -OCH3 is 2. The van der Waals surface area contributed by atoms with Crippen molar-refractivity contribution in [3.05, 3.63) is 39.6 Å². The fourth-order valence-corrected chi connectivity index (χ4v) is 4.40. The highest BCUT2D eigenvalue weighted by atomic mass is 32.1. The molecule has 1 aromatic heterocycles. The number of benzene rings is 1. The van der Waals surface area contributed by atoms with Crippen molar-refractivity contribution in [3.63, 3.8) is 0 Å². The number of hydrogen-bond acceptors (Lipinski definition) is 6. The SMILES string of the molecule is COc1ccc(NC(=O)COC(=O)c2csc3c2CCC(C)C3)cc1OC. The van der Waals surface area contributed by atoms with Crippen LogP contribution in [0.5, 0.6) is 11.5 Å². The smallest absolute Gasteiger partial charge is 0.339 e. The van der Waals surface area contributed by atoms with E-state index in [1.54, 1.807) is 36.6 Å². The summed E-state index contributed by atoms with van der Waals surface area (Å²) in [6.45, 7) is 1.88. The van der Waals surface area contributed by atoms with Crippen LogP contribution in [0.4, 0.5) is 5.69 Å². The molecule has 1 amide bonds. The lowest BCUT2D eigenvalue weighted by molar-refractivity contribution is -0.119. The highest BCUT2D eigenvalue weighted by molar-refractivity contribution is 7.10. The third kappa shape index (κ3) is 4.42. The number of nitrogens with one attached hydrogen (secondary N) is 1. The van der Waals surface area contributed by atoms with Crippen LogP contribution in [0.25, 0.3) is 0 Å². The summed E-state index contributed by atoms with van der Waals surface area (Å²) in [5.74, 6) is 0.870. The van der Waals surface area contributed by atoms with Crippen molar-refractivity contribution in [2.75, 3.05) is 26.1 Å². The number of amides is 1. The van der Waals surface area contributed by atoms with Crippen LogP contribution < -0.4 is 14.8 Å². The summed E-state index contributed by atoms with van der Waals surface area (Å²) in [7, 11) is 3.06. The predicted molar refractivity (Wildman–Crippen MR) is 104 cm³/mol. The minimum atomic E-state index is -0.440. The van der Waals surface area contributed by atoms with Gasteiger partial charge in [-0.15, -0.1) is 11.3 Å². The Bertz CT molecular complexity index is 845. The van der Waals surface area contributed by atoms with Gasteiger partial charge in [0.15, 0.2) is 18.1 Å². The first-order chi connectivity index (χ1) is 13.0. The Balaban J connectivity index is 1.57. The second kappa shape index (κ2) is 8.43. The number of thiophene rings is 1. The lowest BCUT2D eigenvalue weighted by Crippen LogP contribution is -2.21. The van der Waals surface area contributed by atoms with Gasteiger partial charge in [0, 0.05) is 22.0 Å². The molecule has 6 nitrogen and oxygen atoms in total. The molecule has 3 rings (SSSR count). The maximum atomic E-state index is 12.4. The third-order valence-electron chi connectivity index (χ3n) is 4.62. The Kier molecular flexibility index (Phi) is 6.01. The maximum absolute atomic E-state index is 12.4. The van der Waals surface area contributed by atoms with Crippen LogP contribution in [0.3, 0.4) is 0 Å². The van der Waals surface area contributed by atoms with E-state index in [0.717, 1.165) is 24.8 Å². The number of anilines is 1. The van der Waals surface area contributed by atoms with Crippen LogP contribution >= 0.6 is 11.3 Å². The van der Waals surface area contributed by atoms with Crippen LogP contribution in [0, 0.1) is 5.92 Å². The molecule has 0 aliphatic heterocycles. The van der Waals surface area contributed by atoms with Crippen LogP contribution in [-0.2, 0) is 22.4 Å². The van der Waals surface area contributed by atoms with Crippen molar-refractivity contribution in [1.82, 2.24) is 0 Å². The zero-order valence-electron chi connectivity index (χ0n) is 15.7. The first-order valence-corrected chi connectivity index (χ1v) is 9.68. The Hall–Kier alpha value is -2.54. The molecule has 2 aromatic rings. The molecule has 1 aliphatic rings. The van der Waals surface area contributed by atoms with Gasteiger partial charge in [-0.3, -0.25) is 4.79 Å². The molecule has 27 heavy (non-hydrogen) atoms. The Morgan fingerprint density at radius 1 is 1.22 bits per heavy atom. The summed E-state index contributed by atoms with van der Waals surface area (Å²) in [6, 6.07) is 5.03. The average Bonchev–Trinajstić information content (AvgIpc) is 3.09. The molecule has 0 spiro atoms. The van der Waals surface area contributed by atoms with E-state index in [1.165, 1.54) is 12.0 Å². The van der Waals surface area contributed by atoms with Crippen molar-refractivity contribution < 1.29 is 23.8 Å². The topological polar surface area (TPSA) is 73.9 Å². The standard InChI is InChI=1S/C20H23NO5S/c1-12-4-6-14-15(11-27-18(14)8-12)20(23)26-10-19(22)21-13-5-7-16(24-2)17(9-13)25-3/h5,7,9,11-12H,4,6,8,10H2,1-3H3,(H,21,22). The molecule has 0 radical (unpaired) electrons. The zero-order chi connectivity index (χ0) is 19.4. The molecular weight excluding hydrogens is 366 g/mol. The Morgan fingerprint density at radius 2 is 2.00 bits per heavy atom. The summed E-state index contributed by atoms with van der Waals surface area (Å²) < 4.78 is 15.6. The number of rotatable bonds is 6. The summed E-state index contributed by atoms with van der Waals surface area (Å²) in [5, 5.41) is 4.53. The molecule has 1 N–H and O–H groups in total. The number of hydrogen-bond donors (Lipinski definition) is 1. The van der Waals surface area contributed by atoms with Gasteiger partial charge >= 0.3 is 5.97 Å². The van der Waals surface area contributed by atoms with Gasteiger partial charge < -0.3 is 19.5 Å². The summed E-state index contributed by atoms with van der Waals surface area (Å²) in [4.78, 5) is 25.7. The average molecular weight is 389 g/mol. The van der Waals surface area contributed by atoms with Gasteiger partial charge in [-0.2, -0.15) is 0 Å². The molecule has 0 saturated heterocycles. The fraction of sp³-hybridized carbons (Fsp3) is 0.400. The van der Waals surface area contributed by atoms with Gasteiger partial charge in [0.1, 0.15) is 0 Å². The highest BCUT2D eigenvalue weighted by Crippen LogP contribution is 2.33. The van der Waals surface area contributed by atoms with Crippen LogP contribution in [0.1, 0.15) is 34.1 Å². The lowest BCUT2D eigenvalue weighted by atomic mass is 9.88. The van der Waals surface area contributed by atoms with Crippen molar-refractivity contribution in [2.45, 2.75) is 26.2 Å². The van der Waals surface area contributed by atoms with Crippen molar-refractivity contribution in [1.29, 1.82) is 0 Å². The van der Waals surface area contributed by atoms with E-state index >= 15 is 0 Å². The van der Waals surface area contributed by atoms with E-state index in [2.05, 4.69) is 12.2 Å².